The summed E-state index contributed by atoms with van der Waals surface area (Å²) in [5, 5.41) is 0. The fourth-order valence-electron chi connectivity index (χ4n) is 2.70. The summed E-state index contributed by atoms with van der Waals surface area (Å²) in [6.07, 6.45) is 3.65. The summed E-state index contributed by atoms with van der Waals surface area (Å²) in [5.74, 6) is 5.66. The lowest BCUT2D eigenvalue weighted by atomic mass is 9.60. The Bertz CT molecular complexity index is 322. The summed E-state index contributed by atoms with van der Waals surface area (Å²) in [4.78, 5) is 0. The molecule has 3 N–H and O–H groups in total. The van der Waals surface area contributed by atoms with Crippen molar-refractivity contribution in [3.63, 3.8) is 0 Å². The summed E-state index contributed by atoms with van der Waals surface area (Å²) < 4.78 is 5.26. The first kappa shape index (κ1) is 11.6. The maximum absolute atomic E-state index is 5.66. The van der Waals surface area contributed by atoms with Gasteiger partial charge >= 0.3 is 0 Å². The zero-order valence-electron chi connectivity index (χ0n) is 9.78. The minimum absolute atomic E-state index is 0.173. The number of nitrogens with one attached hydrogen (secondary N) is 1. The number of hydrazine groups is 1. The van der Waals surface area contributed by atoms with Crippen LogP contribution in [0.3, 0.4) is 0 Å². The Balaban J connectivity index is 2.25. The van der Waals surface area contributed by atoms with E-state index in [4.69, 9.17) is 10.6 Å². The zero-order chi connectivity index (χ0) is 11.4. The van der Waals surface area contributed by atoms with Gasteiger partial charge in [0.05, 0.1) is 12.6 Å². The molecule has 1 aromatic carbocycles. The van der Waals surface area contributed by atoms with Gasteiger partial charge in [-0.1, -0.05) is 36.8 Å². The van der Waals surface area contributed by atoms with Crippen molar-refractivity contribution in [1.82, 2.24) is 5.43 Å². The molecule has 1 aliphatic carbocycles. The lowest BCUT2D eigenvalue weighted by Gasteiger charge is -2.47. The molecule has 3 nitrogen and oxygen atoms in total. The maximum atomic E-state index is 5.66. The largest absolute Gasteiger partial charge is 0.383 e. The molecule has 1 saturated carbocycles. The van der Waals surface area contributed by atoms with Crippen molar-refractivity contribution in [3.8, 4) is 0 Å². The molecular weight excluding hydrogens is 200 g/mol. The van der Waals surface area contributed by atoms with Gasteiger partial charge in [-0.15, -0.1) is 0 Å². The summed E-state index contributed by atoms with van der Waals surface area (Å²) in [6, 6.07) is 10.8. The second-order valence-corrected chi connectivity index (χ2v) is 4.55. The monoisotopic (exact) mass is 220 g/mol. The second kappa shape index (κ2) is 4.95. The third-order valence-electron chi connectivity index (χ3n) is 3.80. The molecule has 0 bridgehead atoms. The Kier molecular flexibility index (Phi) is 3.59. The van der Waals surface area contributed by atoms with Gasteiger partial charge in [0.25, 0.3) is 0 Å². The SMILES string of the molecule is COCC(NN)C1(c2ccccc2)CCC1. The molecule has 1 fully saturated rings. The highest BCUT2D eigenvalue weighted by atomic mass is 16.5. The topological polar surface area (TPSA) is 47.3 Å². The van der Waals surface area contributed by atoms with Gasteiger partial charge in [0.1, 0.15) is 0 Å². The number of ether oxygens (including phenoxy) is 1. The number of hydrogen-bond donors (Lipinski definition) is 2. The molecule has 0 saturated heterocycles. The Morgan fingerprint density at radius 3 is 2.50 bits per heavy atom. The van der Waals surface area contributed by atoms with Gasteiger partial charge in [-0.2, -0.15) is 0 Å². The summed E-state index contributed by atoms with van der Waals surface area (Å²) in [5.41, 5.74) is 4.47. The molecule has 16 heavy (non-hydrogen) atoms. The third-order valence-corrected chi connectivity index (χ3v) is 3.80. The van der Waals surface area contributed by atoms with Crippen molar-refractivity contribution in [2.24, 2.45) is 5.84 Å². The van der Waals surface area contributed by atoms with Crippen LogP contribution in [0, 0.1) is 0 Å². The van der Waals surface area contributed by atoms with E-state index in [-0.39, 0.29) is 11.5 Å². The first-order chi connectivity index (χ1) is 7.83. The van der Waals surface area contributed by atoms with Crippen molar-refractivity contribution in [3.05, 3.63) is 35.9 Å². The van der Waals surface area contributed by atoms with Crippen LogP contribution in [-0.2, 0) is 10.2 Å². The highest BCUT2D eigenvalue weighted by Gasteiger charge is 2.44. The van der Waals surface area contributed by atoms with E-state index in [1.807, 2.05) is 0 Å². The van der Waals surface area contributed by atoms with Gasteiger partial charge in [0, 0.05) is 12.5 Å². The predicted molar refractivity (Wildman–Crippen MR) is 65.0 cm³/mol. The summed E-state index contributed by atoms with van der Waals surface area (Å²) in [7, 11) is 1.72. The van der Waals surface area contributed by atoms with E-state index in [1.54, 1.807) is 7.11 Å². The van der Waals surface area contributed by atoms with E-state index < -0.39 is 0 Å². The van der Waals surface area contributed by atoms with E-state index in [0.717, 1.165) is 0 Å². The van der Waals surface area contributed by atoms with Crippen molar-refractivity contribution in [2.45, 2.75) is 30.7 Å². The molecule has 1 aliphatic rings. The minimum atomic E-state index is 0.173. The molecule has 0 spiro atoms. The van der Waals surface area contributed by atoms with Crippen molar-refractivity contribution >= 4 is 0 Å². The van der Waals surface area contributed by atoms with Crippen LogP contribution >= 0.6 is 0 Å². The molecule has 0 heterocycles. The van der Waals surface area contributed by atoms with Crippen LogP contribution in [0.1, 0.15) is 24.8 Å². The number of methoxy groups -OCH3 is 1. The van der Waals surface area contributed by atoms with E-state index >= 15 is 0 Å². The molecule has 88 valence electrons. The van der Waals surface area contributed by atoms with Crippen LogP contribution in [-0.4, -0.2) is 19.8 Å². The van der Waals surface area contributed by atoms with Crippen molar-refractivity contribution in [1.29, 1.82) is 0 Å². The molecule has 2 rings (SSSR count). The Morgan fingerprint density at radius 2 is 2.06 bits per heavy atom. The molecule has 1 aromatic rings. The highest BCUT2D eigenvalue weighted by Crippen LogP contribution is 2.46. The first-order valence-electron chi connectivity index (χ1n) is 5.84. The standard InChI is InChI=1S/C13H20N2O/c1-16-10-12(15-14)13(8-5-9-13)11-6-3-2-4-7-11/h2-4,6-7,12,15H,5,8-10,14H2,1H3. The first-order valence-corrected chi connectivity index (χ1v) is 5.84. The predicted octanol–water partition coefficient (Wildman–Crippen LogP) is 1.59. The molecule has 0 aromatic heterocycles. The molecular formula is C13H20N2O. The van der Waals surface area contributed by atoms with Crippen LogP contribution in [0.25, 0.3) is 0 Å². The normalized spacial score (nSPS) is 20.1. The summed E-state index contributed by atoms with van der Waals surface area (Å²) in [6.45, 7) is 0.658. The quantitative estimate of drug-likeness (QED) is 0.585. The number of rotatable bonds is 5. The Morgan fingerprint density at radius 1 is 1.38 bits per heavy atom. The van der Waals surface area contributed by atoms with E-state index in [0.29, 0.717) is 6.61 Å². The molecule has 0 aliphatic heterocycles. The second-order valence-electron chi connectivity index (χ2n) is 4.55. The Labute approximate surface area is 97.0 Å². The lowest BCUT2D eigenvalue weighted by molar-refractivity contribution is 0.0839. The highest BCUT2D eigenvalue weighted by molar-refractivity contribution is 5.30. The lowest BCUT2D eigenvalue weighted by Crippen LogP contribution is -2.57. The van der Waals surface area contributed by atoms with E-state index in [9.17, 15) is 0 Å². The van der Waals surface area contributed by atoms with Gasteiger partial charge in [-0.3, -0.25) is 11.3 Å². The van der Waals surface area contributed by atoms with Crippen molar-refractivity contribution in [2.75, 3.05) is 13.7 Å². The zero-order valence-corrected chi connectivity index (χ0v) is 9.78. The average molecular weight is 220 g/mol. The van der Waals surface area contributed by atoms with Gasteiger partial charge in [0.2, 0.25) is 0 Å². The minimum Gasteiger partial charge on any atom is -0.383 e. The van der Waals surface area contributed by atoms with Gasteiger partial charge in [-0.25, -0.2) is 0 Å². The van der Waals surface area contributed by atoms with Crippen LogP contribution in [0.5, 0.6) is 0 Å². The number of hydrogen-bond acceptors (Lipinski definition) is 3. The summed E-state index contributed by atoms with van der Waals surface area (Å²) >= 11 is 0. The molecule has 0 amide bonds. The maximum Gasteiger partial charge on any atom is 0.0638 e. The molecule has 1 unspecified atom stereocenters. The Hall–Kier alpha value is -0.900. The smallest absolute Gasteiger partial charge is 0.0638 e. The van der Waals surface area contributed by atoms with Gasteiger partial charge < -0.3 is 4.74 Å². The number of benzene rings is 1. The fraction of sp³-hybridized carbons (Fsp3) is 0.538. The fourth-order valence-corrected chi connectivity index (χ4v) is 2.70. The number of nitrogens with two attached hydrogens (primary N) is 1. The van der Waals surface area contributed by atoms with Gasteiger partial charge in [-0.05, 0) is 18.4 Å². The third kappa shape index (κ3) is 1.86. The molecule has 1 atom stereocenters. The van der Waals surface area contributed by atoms with Crippen LogP contribution in [0.2, 0.25) is 0 Å². The van der Waals surface area contributed by atoms with E-state index in [2.05, 4.69) is 35.8 Å². The van der Waals surface area contributed by atoms with Crippen molar-refractivity contribution < 1.29 is 4.74 Å². The average Bonchev–Trinajstić information content (AvgIpc) is 2.28. The van der Waals surface area contributed by atoms with E-state index in [1.165, 1.54) is 24.8 Å². The molecule has 0 radical (unpaired) electrons. The van der Waals surface area contributed by atoms with Gasteiger partial charge in [0.15, 0.2) is 0 Å². The van der Waals surface area contributed by atoms with Crippen LogP contribution in [0.15, 0.2) is 30.3 Å². The van der Waals surface area contributed by atoms with Crippen LogP contribution in [0.4, 0.5) is 0 Å². The van der Waals surface area contributed by atoms with Crippen LogP contribution < -0.4 is 11.3 Å². The molecule has 3 heteroatoms.